The Hall–Kier alpha value is -1.15. The molecule has 1 aromatic carbocycles. The quantitative estimate of drug-likeness (QED) is 0.748. The summed E-state index contributed by atoms with van der Waals surface area (Å²) in [6.45, 7) is 7.17. The van der Waals surface area contributed by atoms with Crippen LogP contribution < -0.4 is 0 Å². The van der Waals surface area contributed by atoms with Crippen LogP contribution in [0.25, 0.3) is 0 Å². The molecule has 0 spiro atoms. The van der Waals surface area contributed by atoms with Gasteiger partial charge in [0.25, 0.3) is 0 Å². The van der Waals surface area contributed by atoms with Crippen molar-refractivity contribution < 1.29 is 4.79 Å². The molecule has 2 rings (SSSR count). The predicted molar refractivity (Wildman–Crippen MR) is 79.8 cm³/mol. The number of benzene rings is 1. The molecule has 0 radical (unpaired) electrons. The molecule has 1 atom stereocenters. The number of hydrogen-bond donors (Lipinski definition) is 0. The van der Waals surface area contributed by atoms with Crippen molar-refractivity contribution in [1.82, 2.24) is 4.90 Å². The summed E-state index contributed by atoms with van der Waals surface area (Å²) in [4.78, 5) is 14.5. The zero-order valence-corrected chi connectivity index (χ0v) is 12.2. The lowest BCUT2D eigenvalue weighted by Crippen LogP contribution is -2.34. The molecular formula is C17H25NO. The van der Waals surface area contributed by atoms with E-state index in [1.54, 1.807) is 0 Å². The Morgan fingerprint density at radius 2 is 1.79 bits per heavy atom. The number of carbonyl (C=O) groups excluding carboxylic acids is 1. The van der Waals surface area contributed by atoms with Crippen molar-refractivity contribution in [2.45, 2.75) is 45.4 Å². The van der Waals surface area contributed by atoms with Crippen LogP contribution in [0, 0.1) is 0 Å². The van der Waals surface area contributed by atoms with Crippen LogP contribution in [-0.4, -0.2) is 30.3 Å². The second kappa shape index (κ2) is 6.85. The minimum atomic E-state index is 0.262. The van der Waals surface area contributed by atoms with Crippen LogP contribution >= 0.6 is 0 Å². The Labute approximate surface area is 116 Å². The fraction of sp³-hybridized carbons (Fsp3) is 0.588. The number of nitrogens with zero attached hydrogens (tertiary/aromatic N) is 1. The molecule has 1 saturated heterocycles. The summed E-state index contributed by atoms with van der Waals surface area (Å²) < 4.78 is 0. The number of carbonyl (C=O) groups is 1. The second-order valence-corrected chi connectivity index (χ2v) is 5.69. The largest absolute Gasteiger partial charge is 0.296 e. The third-order valence-corrected chi connectivity index (χ3v) is 4.23. The van der Waals surface area contributed by atoms with Gasteiger partial charge in [-0.05, 0) is 43.8 Å². The van der Waals surface area contributed by atoms with Crippen LogP contribution in [-0.2, 0) is 0 Å². The SMILES string of the molecule is CCC(C)c1ccc(C(=O)CN2CCCCC2)cc1. The summed E-state index contributed by atoms with van der Waals surface area (Å²) in [5.41, 5.74) is 2.19. The molecule has 2 nitrogen and oxygen atoms in total. The summed E-state index contributed by atoms with van der Waals surface area (Å²) in [6.07, 6.45) is 4.93. The first-order chi connectivity index (χ1) is 9.20. The molecule has 1 unspecified atom stereocenters. The number of likely N-dealkylation sites (tertiary alicyclic amines) is 1. The minimum Gasteiger partial charge on any atom is -0.296 e. The first kappa shape index (κ1) is 14.3. The van der Waals surface area contributed by atoms with Crippen molar-refractivity contribution in [3.63, 3.8) is 0 Å². The Morgan fingerprint density at radius 3 is 2.37 bits per heavy atom. The second-order valence-electron chi connectivity index (χ2n) is 5.69. The van der Waals surface area contributed by atoms with Gasteiger partial charge in [-0.3, -0.25) is 9.69 Å². The molecule has 104 valence electrons. The van der Waals surface area contributed by atoms with E-state index in [9.17, 15) is 4.79 Å². The highest BCUT2D eigenvalue weighted by Crippen LogP contribution is 2.19. The highest BCUT2D eigenvalue weighted by molar-refractivity contribution is 5.97. The predicted octanol–water partition coefficient (Wildman–Crippen LogP) is 3.87. The molecule has 0 aliphatic carbocycles. The average Bonchev–Trinajstić information content (AvgIpc) is 2.47. The summed E-state index contributed by atoms with van der Waals surface area (Å²) >= 11 is 0. The summed E-state index contributed by atoms with van der Waals surface area (Å²) in [5.74, 6) is 0.837. The summed E-state index contributed by atoms with van der Waals surface area (Å²) in [5, 5.41) is 0. The van der Waals surface area contributed by atoms with Gasteiger partial charge in [-0.2, -0.15) is 0 Å². The van der Waals surface area contributed by atoms with Crippen molar-refractivity contribution in [3.05, 3.63) is 35.4 Å². The van der Waals surface area contributed by atoms with Gasteiger partial charge in [-0.1, -0.05) is 44.5 Å². The van der Waals surface area contributed by atoms with Crippen LogP contribution in [0.2, 0.25) is 0 Å². The lowest BCUT2D eigenvalue weighted by Gasteiger charge is -2.25. The van der Waals surface area contributed by atoms with Gasteiger partial charge < -0.3 is 0 Å². The first-order valence-corrected chi connectivity index (χ1v) is 7.56. The Balaban J connectivity index is 1.95. The lowest BCUT2D eigenvalue weighted by atomic mass is 9.97. The molecule has 1 aliphatic heterocycles. The van der Waals surface area contributed by atoms with Crippen LogP contribution in [0.3, 0.4) is 0 Å². The van der Waals surface area contributed by atoms with Gasteiger partial charge in [0.15, 0.2) is 5.78 Å². The van der Waals surface area contributed by atoms with Gasteiger partial charge in [0.05, 0.1) is 6.54 Å². The van der Waals surface area contributed by atoms with Gasteiger partial charge in [0.2, 0.25) is 0 Å². The van der Waals surface area contributed by atoms with E-state index in [1.165, 1.54) is 24.8 Å². The highest BCUT2D eigenvalue weighted by Gasteiger charge is 2.15. The molecule has 0 N–H and O–H groups in total. The van der Waals surface area contributed by atoms with E-state index in [4.69, 9.17) is 0 Å². The first-order valence-electron chi connectivity index (χ1n) is 7.56. The van der Waals surface area contributed by atoms with Gasteiger partial charge >= 0.3 is 0 Å². The highest BCUT2D eigenvalue weighted by atomic mass is 16.1. The molecule has 2 heteroatoms. The van der Waals surface area contributed by atoms with E-state index in [-0.39, 0.29) is 5.78 Å². The normalized spacial score (nSPS) is 18.2. The molecule has 1 fully saturated rings. The van der Waals surface area contributed by atoms with Crippen molar-refractivity contribution in [2.24, 2.45) is 0 Å². The molecule has 0 aromatic heterocycles. The van der Waals surface area contributed by atoms with Crippen LogP contribution in [0.1, 0.15) is 61.4 Å². The zero-order valence-electron chi connectivity index (χ0n) is 12.2. The van der Waals surface area contributed by atoms with E-state index >= 15 is 0 Å². The molecule has 0 amide bonds. The fourth-order valence-corrected chi connectivity index (χ4v) is 2.65. The van der Waals surface area contributed by atoms with Gasteiger partial charge in [0.1, 0.15) is 0 Å². The standard InChI is InChI=1S/C17H25NO/c1-3-14(2)15-7-9-16(10-8-15)17(19)13-18-11-5-4-6-12-18/h7-10,14H,3-6,11-13H2,1-2H3. The van der Waals surface area contributed by atoms with E-state index < -0.39 is 0 Å². The Kier molecular flexibility index (Phi) is 5.15. The molecule has 1 aliphatic rings. The maximum absolute atomic E-state index is 12.2. The lowest BCUT2D eigenvalue weighted by molar-refractivity contribution is 0.0915. The van der Waals surface area contributed by atoms with Crippen LogP contribution in [0.15, 0.2) is 24.3 Å². The van der Waals surface area contributed by atoms with Crippen molar-refractivity contribution in [2.75, 3.05) is 19.6 Å². The molecule has 19 heavy (non-hydrogen) atoms. The zero-order chi connectivity index (χ0) is 13.7. The third-order valence-electron chi connectivity index (χ3n) is 4.23. The maximum Gasteiger partial charge on any atom is 0.176 e. The number of piperidine rings is 1. The molecule has 0 saturated carbocycles. The third kappa shape index (κ3) is 3.90. The minimum absolute atomic E-state index is 0.262. The summed E-state index contributed by atoms with van der Waals surface area (Å²) in [6, 6.07) is 8.21. The van der Waals surface area contributed by atoms with Gasteiger partial charge in [-0.15, -0.1) is 0 Å². The number of ketones is 1. The van der Waals surface area contributed by atoms with Crippen molar-refractivity contribution >= 4 is 5.78 Å². The molecule has 1 aromatic rings. The number of hydrogen-bond acceptors (Lipinski definition) is 2. The average molecular weight is 259 g/mol. The Morgan fingerprint density at radius 1 is 1.16 bits per heavy atom. The van der Waals surface area contributed by atoms with Crippen LogP contribution in [0.4, 0.5) is 0 Å². The van der Waals surface area contributed by atoms with E-state index in [0.717, 1.165) is 25.1 Å². The topological polar surface area (TPSA) is 20.3 Å². The van der Waals surface area contributed by atoms with E-state index in [1.807, 2.05) is 12.1 Å². The van der Waals surface area contributed by atoms with Gasteiger partial charge in [0, 0.05) is 5.56 Å². The molecule has 0 bridgehead atoms. The van der Waals surface area contributed by atoms with Crippen molar-refractivity contribution in [3.8, 4) is 0 Å². The number of rotatable bonds is 5. The van der Waals surface area contributed by atoms with E-state index in [0.29, 0.717) is 12.5 Å². The van der Waals surface area contributed by atoms with E-state index in [2.05, 4.69) is 30.9 Å². The number of Topliss-reactive ketones (excluding diaryl/α,β-unsaturated/α-hetero) is 1. The molecular weight excluding hydrogens is 234 g/mol. The fourth-order valence-electron chi connectivity index (χ4n) is 2.65. The van der Waals surface area contributed by atoms with Crippen molar-refractivity contribution in [1.29, 1.82) is 0 Å². The molecule has 1 heterocycles. The monoisotopic (exact) mass is 259 g/mol. The maximum atomic E-state index is 12.2. The smallest absolute Gasteiger partial charge is 0.176 e. The van der Waals surface area contributed by atoms with Gasteiger partial charge in [-0.25, -0.2) is 0 Å². The summed E-state index contributed by atoms with van der Waals surface area (Å²) in [7, 11) is 0. The van der Waals surface area contributed by atoms with Crippen LogP contribution in [0.5, 0.6) is 0 Å². The Bertz CT molecular complexity index is 404.